The molecule has 2 rings (SSSR count). The average Bonchev–Trinajstić information content (AvgIpc) is 2.83. The average molecular weight is 269 g/mol. The molecule has 3 unspecified atom stereocenters. The molecule has 0 aromatic heterocycles. The van der Waals surface area contributed by atoms with Gasteiger partial charge in [-0.2, -0.15) is 0 Å². The van der Waals surface area contributed by atoms with Crippen LogP contribution >= 0.6 is 0 Å². The Labute approximate surface area is 110 Å². The van der Waals surface area contributed by atoms with Gasteiger partial charge in [-0.1, -0.05) is 12.5 Å². The zero-order valence-corrected chi connectivity index (χ0v) is 11.5. The van der Waals surface area contributed by atoms with E-state index < -0.39 is 10.8 Å². The summed E-state index contributed by atoms with van der Waals surface area (Å²) in [5.74, 6) is 0.939. The predicted molar refractivity (Wildman–Crippen MR) is 72.5 cm³/mol. The molecule has 0 spiro atoms. The Morgan fingerprint density at radius 3 is 3.00 bits per heavy atom. The second kappa shape index (κ2) is 6.43. The standard InChI is InChI=1S/C14H20FNOS/c1-16-14-7-2-4-11(14)8-9-18(17)13-6-3-5-12(15)10-13/h3,5-6,10-11,14,16H,2,4,7-9H2,1H3. The normalized spacial score (nSPS) is 25.2. The van der Waals surface area contributed by atoms with Crippen molar-refractivity contribution in [2.75, 3.05) is 12.8 Å². The summed E-state index contributed by atoms with van der Waals surface area (Å²) < 4.78 is 25.1. The van der Waals surface area contributed by atoms with E-state index in [9.17, 15) is 8.60 Å². The van der Waals surface area contributed by atoms with Gasteiger partial charge < -0.3 is 5.32 Å². The first kappa shape index (κ1) is 13.7. The first-order valence-corrected chi connectivity index (χ1v) is 7.84. The number of nitrogens with one attached hydrogen (secondary N) is 1. The maximum atomic E-state index is 13.0. The molecule has 0 saturated heterocycles. The van der Waals surface area contributed by atoms with E-state index in [1.165, 1.54) is 31.4 Å². The molecule has 3 atom stereocenters. The maximum Gasteiger partial charge on any atom is 0.124 e. The number of hydrogen-bond donors (Lipinski definition) is 1. The van der Waals surface area contributed by atoms with Crippen molar-refractivity contribution in [3.05, 3.63) is 30.1 Å². The van der Waals surface area contributed by atoms with Crippen LogP contribution in [0.5, 0.6) is 0 Å². The number of benzene rings is 1. The summed E-state index contributed by atoms with van der Waals surface area (Å²) in [5, 5.41) is 3.33. The van der Waals surface area contributed by atoms with E-state index in [1.807, 2.05) is 7.05 Å². The van der Waals surface area contributed by atoms with Gasteiger partial charge in [0.25, 0.3) is 0 Å². The van der Waals surface area contributed by atoms with Crippen LogP contribution in [0, 0.1) is 11.7 Å². The van der Waals surface area contributed by atoms with E-state index in [0.29, 0.717) is 22.6 Å². The molecule has 1 aliphatic carbocycles. The van der Waals surface area contributed by atoms with E-state index in [2.05, 4.69) is 5.32 Å². The van der Waals surface area contributed by atoms with Gasteiger partial charge >= 0.3 is 0 Å². The highest BCUT2D eigenvalue weighted by atomic mass is 32.2. The quantitative estimate of drug-likeness (QED) is 0.890. The summed E-state index contributed by atoms with van der Waals surface area (Å²) in [5.41, 5.74) is 0. The molecule has 0 aliphatic heterocycles. The van der Waals surface area contributed by atoms with E-state index in [4.69, 9.17) is 0 Å². The molecule has 4 heteroatoms. The third-order valence-corrected chi connectivity index (χ3v) is 5.15. The molecule has 2 nitrogen and oxygen atoms in total. The van der Waals surface area contributed by atoms with E-state index in [-0.39, 0.29) is 5.82 Å². The van der Waals surface area contributed by atoms with Crippen molar-refractivity contribution in [1.29, 1.82) is 0 Å². The largest absolute Gasteiger partial charge is 0.317 e. The predicted octanol–water partition coefficient (Wildman–Crippen LogP) is 2.71. The van der Waals surface area contributed by atoms with E-state index >= 15 is 0 Å². The lowest BCUT2D eigenvalue weighted by Crippen LogP contribution is -2.29. The fourth-order valence-electron chi connectivity index (χ4n) is 2.75. The van der Waals surface area contributed by atoms with Crippen LogP contribution < -0.4 is 5.32 Å². The Morgan fingerprint density at radius 2 is 2.28 bits per heavy atom. The Balaban J connectivity index is 1.88. The summed E-state index contributed by atoms with van der Waals surface area (Å²) >= 11 is 0. The highest BCUT2D eigenvalue weighted by molar-refractivity contribution is 7.85. The van der Waals surface area contributed by atoms with Gasteiger partial charge in [-0.3, -0.25) is 4.21 Å². The van der Waals surface area contributed by atoms with E-state index in [1.54, 1.807) is 12.1 Å². The Kier molecular flexibility index (Phi) is 4.89. The second-order valence-corrected chi connectivity index (χ2v) is 6.45. The molecule has 18 heavy (non-hydrogen) atoms. The smallest absolute Gasteiger partial charge is 0.124 e. The summed E-state index contributed by atoms with van der Waals surface area (Å²) in [4.78, 5) is 0.606. The topological polar surface area (TPSA) is 29.1 Å². The Morgan fingerprint density at radius 1 is 1.44 bits per heavy atom. The minimum atomic E-state index is -1.07. The summed E-state index contributed by atoms with van der Waals surface area (Å²) in [6.07, 6.45) is 4.64. The molecule has 1 N–H and O–H groups in total. The van der Waals surface area contributed by atoms with Crippen molar-refractivity contribution in [3.63, 3.8) is 0 Å². The molecule has 0 amide bonds. The SMILES string of the molecule is CNC1CCCC1CCS(=O)c1cccc(F)c1. The maximum absolute atomic E-state index is 13.0. The van der Waals surface area contributed by atoms with E-state index in [0.717, 1.165) is 6.42 Å². The lowest BCUT2D eigenvalue weighted by molar-refractivity contribution is 0.416. The molecule has 1 fully saturated rings. The lowest BCUT2D eigenvalue weighted by atomic mass is 10.0. The van der Waals surface area contributed by atoms with Crippen LogP contribution in [-0.2, 0) is 10.8 Å². The van der Waals surface area contributed by atoms with Crippen LogP contribution in [0.15, 0.2) is 29.2 Å². The highest BCUT2D eigenvalue weighted by Gasteiger charge is 2.25. The van der Waals surface area contributed by atoms with Crippen molar-refractivity contribution in [3.8, 4) is 0 Å². The minimum Gasteiger partial charge on any atom is -0.317 e. The van der Waals surface area contributed by atoms with Gasteiger partial charge in [0.15, 0.2) is 0 Å². The van der Waals surface area contributed by atoms with Gasteiger partial charge in [-0.05, 0) is 50.4 Å². The number of rotatable bonds is 5. The molecule has 1 aliphatic rings. The fourth-order valence-corrected chi connectivity index (χ4v) is 3.97. The van der Waals surface area contributed by atoms with Gasteiger partial charge in [0.05, 0.1) is 10.8 Å². The molecule has 1 aromatic rings. The summed E-state index contributed by atoms with van der Waals surface area (Å²) in [7, 11) is 0.918. The zero-order chi connectivity index (χ0) is 13.0. The van der Waals surface area contributed by atoms with Gasteiger partial charge in [0.2, 0.25) is 0 Å². The second-order valence-electron chi connectivity index (χ2n) is 4.88. The molecule has 0 radical (unpaired) electrons. The van der Waals surface area contributed by atoms with Crippen LogP contribution in [0.1, 0.15) is 25.7 Å². The highest BCUT2D eigenvalue weighted by Crippen LogP contribution is 2.28. The first-order valence-electron chi connectivity index (χ1n) is 6.52. The number of halogens is 1. The molecule has 0 bridgehead atoms. The van der Waals surface area contributed by atoms with Gasteiger partial charge in [-0.15, -0.1) is 0 Å². The van der Waals surface area contributed by atoms with Crippen molar-refractivity contribution in [2.24, 2.45) is 5.92 Å². The monoisotopic (exact) mass is 269 g/mol. The zero-order valence-electron chi connectivity index (χ0n) is 10.7. The third-order valence-electron chi connectivity index (χ3n) is 3.76. The van der Waals surface area contributed by atoms with Crippen LogP contribution in [-0.4, -0.2) is 23.1 Å². The lowest BCUT2D eigenvalue weighted by Gasteiger charge is -2.18. The minimum absolute atomic E-state index is 0.310. The van der Waals surface area contributed by atoms with Gasteiger partial charge in [-0.25, -0.2) is 4.39 Å². The van der Waals surface area contributed by atoms with Crippen LogP contribution in [0.25, 0.3) is 0 Å². The molecule has 1 saturated carbocycles. The molecule has 0 heterocycles. The van der Waals surface area contributed by atoms with Gasteiger partial charge in [0, 0.05) is 16.7 Å². The van der Waals surface area contributed by atoms with Crippen LogP contribution in [0.4, 0.5) is 4.39 Å². The van der Waals surface area contributed by atoms with Crippen LogP contribution in [0.3, 0.4) is 0 Å². The van der Waals surface area contributed by atoms with Crippen molar-refractivity contribution < 1.29 is 8.60 Å². The molecular formula is C14H20FNOS. The first-order chi connectivity index (χ1) is 8.70. The summed E-state index contributed by atoms with van der Waals surface area (Å²) in [6, 6.07) is 6.68. The van der Waals surface area contributed by atoms with Crippen LogP contribution in [0.2, 0.25) is 0 Å². The summed E-state index contributed by atoms with van der Waals surface area (Å²) in [6.45, 7) is 0. The molecular weight excluding hydrogens is 249 g/mol. The molecule has 100 valence electrons. The molecule has 1 aromatic carbocycles. The Bertz CT molecular complexity index is 424. The van der Waals surface area contributed by atoms with Crippen molar-refractivity contribution in [1.82, 2.24) is 5.32 Å². The van der Waals surface area contributed by atoms with Crippen molar-refractivity contribution in [2.45, 2.75) is 36.6 Å². The number of hydrogen-bond acceptors (Lipinski definition) is 2. The van der Waals surface area contributed by atoms with Crippen molar-refractivity contribution >= 4 is 10.8 Å². The third kappa shape index (κ3) is 3.39. The van der Waals surface area contributed by atoms with Gasteiger partial charge in [0.1, 0.15) is 5.82 Å². The Hall–Kier alpha value is -0.740. The fraction of sp³-hybridized carbons (Fsp3) is 0.571.